The van der Waals surface area contributed by atoms with E-state index in [4.69, 9.17) is 4.74 Å². The van der Waals surface area contributed by atoms with Crippen LogP contribution >= 0.6 is 0 Å². The molecule has 1 unspecified atom stereocenters. The largest absolute Gasteiger partial charge is 0.487 e. The second-order valence-electron chi connectivity index (χ2n) is 10.8. The summed E-state index contributed by atoms with van der Waals surface area (Å²) in [7, 11) is -3.56. The van der Waals surface area contributed by atoms with Crippen molar-refractivity contribution < 1.29 is 13.2 Å². The van der Waals surface area contributed by atoms with Crippen LogP contribution in [0.25, 0.3) is 0 Å². The molecule has 2 aromatic rings. The Hall–Kier alpha value is -2.33. The van der Waals surface area contributed by atoms with Crippen molar-refractivity contribution >= 4 is 9.84 Å². The monoisotopic (exact) mass is 494 g/mol. The number of fused-ring (bicyclic) bond motifs is 1. The summed E-state index contributed by atoms with van der Waals surface area (Å²) in [6.07, 6.45) is 8.08. The Morgan fingerprint density at radius 3 is 2.26 bits per heavy atom. The van der Waals surface area contributed by atoms with E-state index in [2.05, 4.69) is 54.5 Å². The first-order valence-electron chi connectivity index (χ1n) is 12.7. The van der Waals surface area contributed by atoms with E-state index in [1.807, 2.05) is 19.1 Å². The van der Waals surface area contributed by atoms with Gasteiger partial charge in [-0.05, 0) is 121 Å². The second-order valence-corrected chi connectivity index (χ2v) is 13.0. The van der Waals surface area contributed by atoms with Gasteiger partial charge in [0.15, 0.2) is 9.84 Å². The maximum atomic E-state index is 13.8. The average Bonchev–Trinajstić information content (AvgIpc) is 2.81. The summed E-state index contributed by atoms with van der Waals surface area (Å²) < 4.78 is 34.4. The number of hydrogen-bond donors (Lipinski definition) is 0. The molecule has 1 aliphatic rings. The molecular formula is C31H42O3S. The smallest absolute Gasteiger partial charge is 0.184 e. The molecule has 0 fully saturated rings. The van der Waals surface area contributed by atoms with Crippen molar-refractivity contribution in [2.45, 2.75) is 103 Å². The number of hydrogen-bond acceptors (Lipinski definition) is 3. The predicted molar refractivity (Wildman–Crippen MR) is 147 cm³/mol. The molecule has 3 rings (SSSR count). The molecule has 2 aromatic carbocycles. The molecule has 0 saturated heterocycles. The van der Waals surface area contributed by atoms with Gasteiger partial charge < -0.3 is 4.74 Å². The molecular weight excluding hydrogens is 452 g/mol. The minimum absolute atomic E-state index is 0.372. The summed E-state index contributed by atoms with van der Waals surface area (Å²) in [6, 6.07) is 8.84. The van der Waals surface area contributed by atoms with E-state index >= 15 is 0 Å². The topological polar surface area (TPSA) is 43.4 Å². The molecule has 0 bridgehead atoms. The van der Waals surface area contributed by atoms with Gasteiger partial charge in [-0.25, -0.2) is 8.42 Å². The Morgan fingerprint density at radius 1 is 1.00 bits per heavy atom. The summed E-state index contributed by atoms with van der Waals surface area (Å²) in [6.45, 7) is 16.9. The van der Waals surface area contributed by atoms with Gasteiger partial charge in [-0.1, -0.05) is 41.5 Å². The first-order valence-corrected chi connectivity index (χ1v) is 14.3. The third-order valence-electron chi connectivity index (χ3n) is 7.67. The molecule has 35 heavy (non-hydrogen) atoms. The summed E-state index contributed by atoms with van der Waals surface area (Å²) in [5, 5.41) is -0.642. The van der Waals surface area contributed by atoms with Crippen LogP contribution in [0.1, 0.15) is 81.2 Å². The van der Waals surface area contributed by atoms with Crippen molar-refractivity contribution in [3.63, 3.8) is 0 Å². The fraction of sp³-hybridized carbons (Fsp3) is 0.484. The van der Waals surface area contributed by atoms with Gasteiger partial charge in [0, 0.05) is 6.42 Å². The highest BCUT2D eigenvalue weighted by Gasteiger charge is 2.39. The first-order chi connectivity index (χ1) is 16.4. The number of sulfone groups is 1. The van der Waals surface area contributed by atoms with Crippen LogP contribution < -0.4 is 4.74 Å². The summed E-state index contributed by atoms with van der Waals surface area (Å²) >= 11 is 0. The number of allylic oxidation sites excluding steroid dienone is 3. The fourth-order valence-corrected chi connectivity index (χ4v) is 6.95. The Morgan fingerprint density at radius 2 is 1.63 bits per heavy atom. The van der Waals surface area contributed by atoms with Gasteiger partial charge in [0.2, 0.25) is 0 Å². The molecule has 1 heterocycles. The fourth-order valence-electron chi connectivity index (χ4n) is 5.08. The lowest BCUT2D eigenvalue weighted by Gasteiger charge is -2.39. The third-order valence-corrected chi connectivity index (χ3v) is 9.70. The molecule has 0 N–H and O–H groups in total. The minimum Gasteiger partial charge on any atom is -0.487 e. The molecule has 0 spiro atoms. The van der Waals surface area contributed by atoms with E-state index < -0.39 is 20.7 Å². The third kappa shape index (κ3) is 6.09. The highest BCUT2D eigenvalue weighted by molar-refractivity contribution is 7.92. The molecule has 4 heteroatoms. The molecule has 190 valence electrons. The Balaban J connectivity index is 1.98. The maximum absolute atomic E-state index is 13.8. The van der Waals surface area contributed by atoms with Gasteiger partial charge in [-0.2, -0.15) is 0 Å². The van der Waals surface area contributed by atoms with Gasteiger partial charge in [-0.15, -0.1) is 0 Å². The van der Waals surface area contributed by atoms with Gasteiger partial charge >= 0.3 is 0 Å². The quantitative estimate of drug-likeness (QED) is 0.350. The number of ether oxygens (including phenoxy) is 1. The summed E-state index contributed by atoms with van der Waals surface area (Å²) in [5.74, 6) is 0.958. The van der Waals surface area contributed by atoms with Crippen LogP contribution in [-0.4, -0.2) is 19.3 Å². The van der Waals surface area contributed by atoms with Crippen LogP contribution in [0.3, 0.4) is 0 Å². The average molecular weight is 495 g/mol. The molecule has 0 aliphatic carbocycles. The predicted octanol–water partition coefficient (Wildman–Crippen LogP) is 7.93. The zero-order valence-electron chi connectivity index (χ0n) is 22.8. The van der Waals surface area contributed by atoms with E-state index in [1.54, 1.807) is 24.3 Å². The standard InChI is InChI=1S/C31H42O3S/c1-21(2)13-12-14-22(3)19-28(35(32,33)27-15-10-9-11-16-27)20-31(8)18-17-29-25(6)23(4)24(5)26(7)30(29)34-31/h9-11,13,15-16,19,28H,12,14,17-18,20H2,1-8H3/b22-19+/t28?,31-/m0/s1. The van der Waals surface area contributed by atoms with Crippen LogP contribution in [-0.2, 0) is 16.3 Å². The van der Waals surface area contributed by atoms with Crippen molar-refractivity contribution in [3.05, 3.63) is 81.4 Å². The van der Waals surface area contributed by atoms with E-state index in [-0.39, 0.29) is 0 Å². The zero-order chi connectivity index (χ0) is 26.0. The van der Waals surface area contributed by atoms with E-state index in [1.165, 1.54) is 33.4 Å². The van der Waals surface area contributed by atoms with E-state index in [0.717, 1.165) is 37.0 Å². The van der Waals surface area contributed by atoms with Crippen LogP contribution in [0.2, 0.25) is 0 Å². The number of rotatable bonds is 8. The molecule has 0 saturated carbocycles. The zero-order valence-corrected chi connectivity index (χ0v) is 23.6. The van der Waals surface area contributed by atoms with Crippen LogP contribution in [0.5, 0.6) is 5.75 Å². The van der Waals surface area contributed by atoms with Crippen LogP contribution in [0, 0.1) is 27.7 Å². The molecule has 1 aliphatic heterocycles. The highest BCUT2D eigenvalue weighted by atomic mass is 32.2. The van der Waals surface area contributed by atoms with Crippen LogP contribution in [0.15, 0.2) is 58.5 Å². The molecule has 2 atom stereocenters. The molecule has 0 aromatic heterocycles. The van der Waals surface area contributed by atoms with Gasteiger partial charge in [0.25, 0.3) is 0 Å². The van der Waals surface area contributed by atoms with Crippen molar-refractivity contribution in [1.82, 2.24) is 0 Å². The van der Waals surface area contributed by atoms with Gasteiger partial charge in [0.1, 0.15) is 11.4 Å². The van der Waals surface area contributed by atoms with Gasteiger partial charge in [-0.3, -0.25) is 0 Å². The van der Waals surface area contributed by atoms with Crippen LogP contribution in [0.4, 0.5) is 0 Å². The van der Waals surface area contributed by atoms with Gasteiger partial charge in [0.05, 0.1) is 10.1 Å². The van der Waals surface area contributed by atoms with E-state index in [0.29, 0.717) is 11.3 Å². The van der Waals surface area contributed by atoms with E-state index in [9.17, 15) is 8.42 Å². The maximum Gasteiger partial charge on any atom is 0.184 e. The molecule has 3 nitrogen and oxygen atoms in total. The van der Waals surface area contributed by atoms with Crippen molar-refractivity contribution in [2.75, 3.05) is 0 Å². The lowest BCUT2D eigenvalue weighted by atomic mass is 9.83. The van der Waals surface area contributed by atoms with Crippen molar-refractivity contribution in [2.24, 2.45) is 0 Å². The lowest BCUT2D eigenvalue weighted by Crippen LogP contribution is -2.42. The minimum atomic E-state index is -3.56. The van der Waals surface area contributed by atoms with Crippen molar-refractivity contribution in [1.29, 1.82) is 0 Å². The first kappa shape index (κ1) is 27.3. The highest BCUT2D eigenvalue weighted by Crippen LogP contribution is 2.43. The molecule has 0 amide bonds. The Labute approximate surface area is 213 Å². The summed E-state index contributed by atoms with van der Waals surface area (Å²) in [4.78, 5) is 0.372. The Kier molecular flexibility index (Phi) is 8.36. The normalized spacial score (nSPS) is 19.0. The SMILES string of the molecule is CC(C)=CCC/C(C)=C/C(C[C@]1(C)CCc2c(C)c(C)c(C)c(C)c2O1)S(=O)(=O)c1ccccc1. The molecule has 0 radical (unpaired) electrons. The lowest BCUT2D eigenvalue weighted by molar-refractivity contribution is 0.0566. The summed E-state index contributed by atoms with van der Waals surface area (Å²) in [5.41, 5.74) is 8.16. The number of benzene rings is 2. The second kappa shape index (κ2) is 10.7. The Bertz CT molecular complexity index is 1230. The van der Waals surface area contributed by atoms with Crippen molar-refractivity contribution in [3.8, 4) is 5.75 Å².